The topological polar surface area (TPSA) is 37.4 Å². The van der Waals surface area contributed by atoms with Gasteiger partial charge in [-0.25, -0.2) is 8.42 Å². The van der Waals surface area contributed by atoms with Crippen molar-refractivity contribution in [1.82, 2.24) is 4.31 Å². The van der Waals surface area contributed by atoms with Gasteiger partial charge in [-0.2, -0.15) is 4.31 Å². The van der Waals surface area contributed by atoms with E-state index < -0.39 is 10.0 Å². The highest BCUT2D eigenvalue weighted by Crippen LogP contribution is 2.35. The van der Waals surface area contributed by atoms with Gasteiger partial charge in [0.1, 0.15) is 4.90 Å². The molecule has 1 aromatic carbocycles. The lowest BCUT2D eigenvalue weighted by Crippen LogP contribution is -2.38. The number of halogens is 3. The normalized spacial score (nSPS) is 16.8. The molecule has 1 aliphatic carbocycles. The minimum absolute atomic E-state index is 0.0505. The Labute approximate surface area is 141 Å². The van der Waals surface area contributed by atoms with Crippen molar-refractivity contribution in [3.05, 3.63) is 27.7 Å². The average Bonchev–Trinajstić information content (AvgIpc) is 2.95. The maximum atomic E-state index is 12.9. The van der Waals surface area contributed by atoms with Crippen LogP contribution < -0.4 is 0 Å². The van der Waals surface area contributed by atoms with Gasteiger partial charge in [-0.05, 0) is 30.5 Å². The van der Waals surface area contributed by atoms with Gasteiger partial charge >= 0.3 is 0 Å². The highest BCUT2D eigenvalue weighted by Gasteiger charge is 2.34. The Hall–Kier alpha value is -0.000000000000000111. The van der Waals surface area contributed by atoms with E-state index in [0.29, 0.717) is 17.1 Å². The second kappa shape index (κ2) is 7.05. The van der Waals surface area contributed by atoms with Crippen LogP contribution in [0.1, 0.15) is 38.2 Å². The minimum atomic E-state index is -3.66. The Kier molecular flexibility index (Phi) is 5.83. The molecule has 0 N–H and O–H groups in total. The first kappa shape index (κ1) is 17.4. The molecular formula is C14H18Cl3NO2S. The lowest BCUT2D eigenvalue weighted by Gasteiger charge is -2.27. The summed E-state index contributed by atoms with van der Waals surface area (Å²) in [4.78, 5) is 0.0565. The number of hydrogen-bond donors (Lipinski definition) is 0. The fourth-order valence-electron chi connectivity index (χ4n) is 2.85. The maximum absolute atomic E-state index is 12.9. The Morgan fingerprint density at radius 2 is 1.86 bits per heavy atom. The zero-order chi connectivity index (χ0) is 15.6. The van der Waals surface area contributed by atoms with Crippen LogP contribution in [-0.4, -0.2) is 25.3 Å². The van der Waals surface area contributed by atoms with Gasteiger partial charge in [0, 0.05) is 23.5 Å². The molecule has 1 aromatic rings. The van der Waals surface area contributed by atoms with Crippen LogP contribution in [0.2, 0.25) is 10.0 Å². The van der Waals surface area contributed by atoms with E-state index in [2.05, 4.69) is 0 Å². The Balaban J connectivity index is 2.49. The van der Waals surface area contributed by atoms with E-state index in [1.165, 1.54) is 10.4 Å². The van der Waals surface area contributed by atoms with Crippen LogP contribution in [0.3, 0.4) is 0 Å². The van der Waals surface area contributed by atoms with Crippen molar-refractivity contribution in [3.63, 3.8) is 0 Å². The van der Waals surface area contributed by atoms with Crippen LogP contribution in [0.15, 0.2) is 17.0 Å². The molecule has 0 heterocycles. The second-order valence-corrected chi connectivity index (χ2v) is 8.10. The first-order valence-corrected chi connectivity index (χ1v) is 9.70. The van der Waals surface area contributed by atoms with Gasteiger partial charge in [0.2, 0.25) is 10.0 Å². The molecule has 0 saturated heterocycles. The van der Waals surface area contributed by atoms with Gasteiger partial charge in [-0.3, -0.25) is 0 Å². The van der Waals surface area contributed by atoms with Crippen LogP contribution in [0.4, 0.5) is 0 Å². The summed E-state index contributed by atoms with van der Waals surface area (Å²) < 4.78 is 27.4. The quantitative estimate of drug-likeness (QED) is 0.705. The smallest absolute Gasteiger partial charge is 0.207 e. The zero-order valence-electron chi connectivity index (χ0n) is 11.8. The van der Waals surface area contributed by atoms with Crippen LogP contribution in [0, 0.1) is 0 Å². The van der Waals surface area contributed by atoms with Crippen LogP contribution in [0.25, 0.3) is 0 Å². The van der Waals surface area contributed by atoms with Crippen molar-refractivity contribution in [2.24, 2.45) is 0 Å². The van der Waals surface area contributed by atoms with Crippen LogP contribution >= 0.6 is 34.8 Å². The van der Waals surface area contributed by atoms with E-state index in [4.69, 9.17) is 34.8 Å². The molecule has 0 unspecified atom stereocenters. The molecule has 0 aliphatic heterocycles. The molecule has 2 rings (SSSR count). The monoisotopic (exact) mass is 369 g/mol. The molecular weight excluding hydrogens is 353 g/mol. The summed E-state index contributed by atoms with van der Waals surface area (Å²) in [6, 6.07) is 3.06. The molecule has 1 saturated carbocycles. The molecule has 0 radical (unpaired) electrons. The largest absolute Gasteiger partial charge is 0.244 e. The molecule has 0 amide bonds. The number of sulfonamides is 1. The van der Waals surface area contributed by atoms with Gasteiger partial charge in [-0.15, -0.1) is 11.6 Å². The summed E-state index contributed by atoms with van der Waals surface area (Å²) in [6.45, 7) is 2.27. The van der Waals surface area contributed by atoms with Crippen molar-refractivity contribution in [1.29, 1.82) is 0 Å². The molecule has 21 heavy (non-hydrogen) atoms. The molecule has 7 heteroatoms. The summed E-state index contributed by atoms with van der Waals surface area (Å²) in [6.07, 6.45) is 3.92. The standard InChI is InChI=1S/C14H18Cl3NO2S/c1-2-18(12-5-3-4-6-12)21(19,20)13-8-11(16)7-10(9-15)14(13)17/h7-8,12H,2-6,9H2,1H3. The molecule has 0 spiro atoms. The van der Waals surface area contributed by atoms with Crippen molar-refractivity contribution >= 4 is 44.8 Å². The lowest BCUT2D eigenvalue weighted by molar-refractivity contribution is 0.335. The second-order valence-electron chi connectivity index (χ2n) is 5.16. The fraction of sp³-hybridized carbons (Fsp3) is 0.571. The van der Waals surface area contributed by atoms with Gasteiger partial charge in [0.25, 0.3) is 0 Å². The van der Waals surface area contributed by atoms with E-state index in [1.807, 2.05) is 6.92 Å². The maximum Gasteiger partial charge on any atom is 0.244 e. The molecule has 1 fully saturated rings. The first-order valence-electron chi connectivity index (χ1n) is 6.97. The molecule has 0 aromatic heterocycles. The summed E-state index contributed by atoms with van der Waals surface area (Å²) in [5.74, 6) is 0.122. The summed E-state index contributed by atoms with van der Waals surface area (Å²) in [5.41, 5.74) is 0.534. The summed E-state index contributed by atoms with van der Waals surface area (Å²) in [5, 5.41) is 0.502. The number of benzene rings is 1. The molecule has 0 bridgehead atoms. The Morgan fingerprint density at radius 3 is 2.38 bits per heavy atom. The molecule has 118 valence electrons. The van der Waals surface area contributed by atoms with Crippen molar-refractivity contribution in [2.45, 2.75) is 49.4 Å². The van der Waals surface area contributed by atoms with E-state index in [1.54, 1.807) is 6.07 Å². The van der Waals surface area contributed by atoms with Gasteiger partial charge < -0.3 is 0 Å². The Bertz CT molecular complexity index is 613. The highest BCUT2D eigenvalue weighted by atomic mass is 35.5. The van der Waals surface area contributed by atoms with Gasteiger partial charge in [0.05, 0.1) is 5.02 Å². The number of rotatable bonds is 5. The van der Waals surface area contributed by atoms with Gasteiger partial charge in [-0.1, -0.05) is 43.0 Å². The third-order valence-corrected chi connectivity index (χ3v) is 6.97. The minimum Gasteiger partial charge on any atom is -0.207 e. The lowest BCUT2D eigenvalue weighted by atomic mass is 10.2. The van der Waals surface area contributed by atoms with Crippen LogP contribution in [0.5, 0.6) is 0 Å². The predicted octanol–water partition coefficient (Wildman–Crippen LogP) is 4.69. The van der Waals surface area contributed by atoms with Crippen molar-refractivity contribution in [3.8, 4) is 0 Å². The SMILES string of the molecule is CCN(C1CCCC1)S(=O)(=O)c1cc(Cl)cc(CCl)c1Cl. The zero-order valence-corrected chi connectivity index (χ0v) is 14.9. The number of nitrogens with zero attached hydrogens (tertiary/aromatic N) is 1. The third-order valence-electron chi connectivity index (χ3n) is 3.85. The molecule has 3 nitrogen and oxygen atoms in total. The van der Waals surface area contributed by atoms with E-state index in [0.717, 1.165) is 25.7 Å². The van der Waals surface area contributed by atoms with Gasteiger partial charge in [0.15, 0.2) is 0 Å². The number of alkyl halides is 1. The molecule has 1 aliphatic rings. The summed E-state index contributed by atoms with van der Waals surface area (Å²) >= 11 is 18.1. The fourth-order valence-corrected chi connectivity index (χ4v) is 5.73. The van der Waals surface area contributed by atoms with Crippen LogP contribution in [-0.2, 0) is 15.9 Å². The van der Waals surface area contributed by atoms with E-state index in [9.17, 15) is 8.42 Å². The van der Waals surface area contributed by atoms with E-state index in [-0.39, 0.29) is 21.8 Å². The van der Waals surface area contributed by atoms with E-state index >= 15 is 0 Å². The highest BCUT2D eigenvalue weighted by molar-refractivity contribution is 7.89. The number of hydrogen-bond acceptors (Lipinski definition) is 2. The Morgan fingerprint density at radius 1 is 1.24 bits per heavy atom. The predicted molar refractivity (Wildman–Crippen MR) is 87.8 cm³/mol. The average molecular weight is 371 g/mol. The first-order chi connectivity index (χ1) is 9.91. The third kappa shape index (κ3) is 3.50. The van der Waals surface area contributed by atoms with Crippen molar-refractivity contribution < 1.29 is 8.42 Å². The van der Waals surface area contributed by atoms with Crippen molar-refractivity contribution in [2.75, 3.05) is 6.54 Å². The molecule has 0 atom stereocenters. The summed E-state index contributed by atoms with van der Waals surface area (Å²) in [7, 11) is -3.66.